The van der Waals surface area contributed by atoms with Crippen molar-refractivity contribution in [2.45, 2.75) is 6.92 Å². The minimum atomic E-state index is -0.0888. The largest absolute Gasteiger partial charge is 0.495 e. The number of amides is 1. The average Bonchev–Trinajstić information content (AvgIpc) is 2.39. The quantitative estimate of drug-likeness (QED) is 0.748. The topological polar surface area (TPSA) is 59.6 Å². The summed E-state index contributed by atoms with van der Waals surface area (Å²) in [5.41, 5.74) is 0.682. The molecule has 0 heterocycles. The summed E-state index contributed by atoms with van der Waals surface area (Å²) in [6.45, 7) is 3.76. The molecular formula is C14H22N2O3. The van der Waals surface area contributed by atoms with Crippen molar-refractivity contribution in [1.82, 2.24) is 5.32 Å². The van der Waals surface area contributed by atoms with E-state index in [1.807, 2.05) is 24.3 Å². The third-order valence-electron chi connectivity index (χ3n) is 2.61. The second-order valence-electron chi connectivity index (χ2n) is 4.44. The summed E-state index contributed by atoms with van der Waals surface area (Å²) >= 11 is 0. The molecule has 1 aromatic rings. The first kappa shape index (κ1) is 15.5. The Hall–Kier alpha value is -1.59. The predicted molar refractivity (Wildman–Crippen MR) is 75.5 cm³/mol. The van der Waals surface area contributed by atoms with Gasteiger partial charge < -0.3 is 20.1 Å². The van der Waals surface area contributed by atoms with Crippen LogP contribution in [0.15, 0.2) is 24.3 Å². The monoisotopic (exact) mass is 266 g/mol. The lowest BCUT2D eigenvalue weighted by molar-refractivity contribution is -0.115. The molecule has 5 nitrogen and oxygen atoms in total. The molecule has 0 spiro atoms. The van der Waals surface area contributed by atoms with Crippen LogP contribution >= 0.6 is 0 Å². The third kappa shape index (κ3) is 5.72. The van der Waals surface area contributed by atoms with Gasteiger partial charge in [0.2, 0.25) is 5.91 Å². The number of nitrogens with one attached hydrogen (secondary N) is 2. The zero-order valence-electron chi connectivity index (χ0n) is 11.7. The number of methoxy groups -OCH3 is 2. The van der Waals surface area contributed by atoms with E-state index in [-0.39, 0.29) is 12.5 Å². The number of anilines is 1. The van der Waals surface area contributed by atoms with E-state index in [0.29, 0.717) is 24.0 Å². The number of carbonyl (C=O) groups is 1. The van der Waals surface area contributed by atoms with Gasteiger partial charge in [-0.25, -0.2) is 0 Å². The molecule has 0 fully saturated rings. The molecular weight excluding hydrogens is 244 g/mol. The van der Waals surface area contributed by atoms with Gasteiger partial charge in [-0.1, -0.05) is 19.1 Å². The van der Waals surface area contributed by atoms with E-state index in [4.69, 9.17) is 9.47 Å². The lowest BCUT2D eigenvalue weighted by atomic mass is 10.2. The Bertz CT molecular complexity index is 396. The van der Waals surface area contributed by atoms with Crippen LogP contribution in [0.1, 0.15) is 6.92 Å². The van der Waals surface area contributed by atoms with Crippen molar-refractivity contribution in [3.05, 3.63) is 24.3 Å². The summed E-state index contributed by atoms with van der Waals surface area (Å²) in [7, 11) is 3.25. The molecule has 0 aliphatic heterocycles. The highest BCUT2D eigenvalue weighted by Crippen LogP contribution is 2.22. The Labute approximate surface area is 114 Å². The van der Waals surface area contributed by atoms with E-state index < -0.39 is 0 Å². The molecule has 106 valence electrons. The van der Waals surface area contributed by atoms with Gasteiger partial charge in [0, 0.05) is 20.3 Å². The predicted octanol–water partition coefficient (Wildman–Crippen LogP) is 1.51. The van der Waals surface area contributed by atoms with E-state index in [1.54, 1.807) is 14.2 Å². The van der Waals surface area contributed by atoms with Crippen molar-refractivity contribution in [2.75, 3.05) is 39.2 Å². The standard InChI is InChI=1S/C14H22N2O3/c1-11(10-18-2)8-15-9-14(17)16-12-6-4-5-7-13(12)19-3/h4-7,11,15H,8-10H2,1-3H3,(H,16,17). The van der Waals surface area contributed by atoms with Crippen LogP contribution in [0.5, 0.6) is 5.75 Å². The number of rotatable bonds is 8. The SMILES string of the molecule is COCC(C)CNCC(=O)Nc1ccccc1OC. The van der Waals surface area contributed by atoms with Gasteiger partial charge in [-0.15, -0.1) is 0 Å². The summed E-state index contributed by atoms with van der Waals surface area (Å²) < 4.78 is 10.2. The highest BCUT2D eigenvalue weighted by atomic mass is 16.5. The summed E-state index contributed by atoms with van der Waals surface area (Å²) in [5.74, 6) is 0.946. The number of hydrogen-bond donors (Lipinski definition) is 2. The van der Waals surface area contributed by atoms with Gasteiger partial charge in [-0.3, -0.25) is 4.79 Å². The number of ether oxygens (including phenoxy) is 2. The molecule has 1 rings (SSSR count). The Morgan fingerprint density at radius 2 is 2.05 bits per heavy atom. The van der Waals surface area contributed by atoms with Crippen LogP contribution in [-0.4, -0.2) is 39.8 Å². The van der Waals surface area contributed by atoms with Crippen LogP contribution in [0.3, 0.4) is 0 Å². The van der Waals surface area contributed by atoms with Crippen molar-refractivity contribution in [3.8, 4) is 5.75 Å². The van der Waals surface area contributed by atoms with E-state index in [9.17, 15) is 4.79 Å². The maximum absolute atomic E-state index is 11.8. The summed E-state index contributed by atoms with van der Waals surface area (Å²) in [4.78, 5) is 11.8. The van der Waals surface area contributed by atoms with Crippen molar-refractivity contribution in [1.29, 1.82) is 0 Å². The van der Waals surface area contributed by atoms with Gasteiger partial charge in [-0.05, 0) is 18.1 Å². The first-order chi connectivity index (χ1) is 9.17. The fraction of sp³-hybridized carbons (Fsp3) is 0.500. The van der Waals surface area contributed by atoms with Gasteiger partial charge in [0.25, 0.3) is 0 Å². The maximum atomic E-state index is 11.8. The van der Waals surface area contributed by atoms with E-state index >= 15 is 0 Å². The fourth-order valence-corrected chi connectivity index (χ4v) is 1.72. The average molecular weight is 266 g/mol. The third-order valence-corrected chi connectivity index (χ3v) is 2.61. The van der Waals surface area contributed by atoms with Gasteiger partial charge in [-0.2, -0.15) is 0 Å². The van der Waals surface area contributed by atoms with Crippen LogP contribution in [0.4, 0.5) is 5.69 Å². The van der Waals surface area contributed by atoms with Gasteiger partial charge in [0.1, 0.15) is 5.75 Å². The molecule has 5 heteroatoms. The smallest absolute Gasteiger partial charge is 0.238 e. The molecule has 1 aromatic carbocycles. The Kier molecular flexibility index (Phi) is 6.92. The van der Waals surface area contributed by atoms with Crippen LogP contribution in [0.2, 0.25) is 0 Å². The molecule has 1 amide bonds. The normalized spacial score (nSPS) is 11.9. The molecule has 0 saturated carbocycles. The Balaban J connectivity index is 2.35. The molecule has 2 N–H and O–H groups in total. The number of benzene rings is 1. The van der Waals surface area contributed by atoms with Crippen molar-refractivity contribution in [3.63, 3.8) is 0 Å². The Morgan fingerprint density at radius 1 is 1.32 bits per heavy atom. The lowest BCUT2D eigenvalue weighted by Gasteiger charge is -2.12. The molecule has 0 radical (unpaired) electrons. The fourth-order valence-electron chi connectivity index (χ4n) is 1.72. The minimum absolute atomic E-state index is 0.0888. The summed E-state index contributed by atoms with van der Waals surface area (Å²) in [5, 5.41) is 5.90. The molecule has 0 aliphatic rings. The summed E-state index contributed by atoms with van der Waals surface area (Å²) in [6, 6.07) is 7.33. The van der Waals surface area contributed by atoms with Gasteiger partial charge in [0.15, 0.2) is 0 Å². The van der Waals surface area contributed by atoms with Gasteiger partial charge >= 0.3 is 0 Å². The van der Waals surface area contributed by atoms with Crippen molar-refractivity contribution < 1.29 is 14.3 Å². The van der Waals surface area contributed by atoms with Crippen molar-refractivity contribution in [2.24, 2.45) is 5.92 Å². The molecule has 0 bridgehead atoms. The van der Waals surface area contributed by atoms with E-state index in [2.05, 4.69) is 17.6 Å². The second-order valence-corrected chi connectivity index (χ2v) is 4.44. The van der Waals surface area contributed by atoms with E-state index in [0.717, 1.165) is 6.54 Å². The zero-order valence-corrected chi connectivity index (χ0v) is 11.7. The number of carbonyl (C=O) groups excluding carboxylic acids is 1. The maximum Gasteiger partial charge on any atom is 0.238 e. The summed E-state index contributed by atoms with van der Waals surface area (Å²) in [6.07, 6.45) is 0. The van der Waals surface area contributed by atoms with Crippen LogP contribution < -0.4 is 15.4 Å². The molecule has 0 aromatic heterocycles. The minimum Gasteiger partial charge on any atom is -0.495 e. The van der Waals surface area contributed by atoms with Crippen molar-refractivity contribution >= 4 is 11.6 Å². The molecule has 1 atom stereocenters. The molecule has 1 unspecified atom stereocenters. The number of para-hydroxylation sites is 2. The highest BCUT2D eigenvalue weighted by Gasteiger charge is 2.07. The van der Waals surface area contributed by atoms with E-state index in [1.165, 1.54) is 0 Å². The molecule has 0 saturated heterocycles. The highest BCUT2D eigenvalue weighted by molar-refractivity contribution is 5.93. The Morgan fingerprint density at radius 3 is 2.74 bits per heavy atom. The zero-order chi connectivity index (χ0) is 14.1. The molecule has 0 aliphatic carbocycles. The van der Waals surface area contributed by atoms with Crippen LogP contribution in [0.25, 0.3) is 0 Å². The lowest BCUT2D eigenvalue weighted by Crippen LogP contribution is -2.32. The second kappa shape index (κ2) is 8.50. The van der Waals surface area contributed by atoms with Crippen LogP contribution in [-0.2, 0) is 9.53 Å². The first-order valence-electron chi connectivity index (χ1n) is 6.30. The molecule has 19 heavy (non-hydrogen) atoms. The van der Waals surface area contributed by atoms with Gasteiger partial charge in [0.05, 0.1) is 19.3 Å². The van der Waals surface area contributed by atoms with Crippen LogP contribution in [0, 0.1) is 5.92 Å². The first-order valence-corrected chi connectivity index (χ1v) is 6.30. The number of hydrogen-bond acceptors (Lipinski definition) is 4.